The number of aromatic nitrogens is 3. The number of rotatable bonds is 6. The predicted molar refractivity (Wildman–Crippen MR) is 99.9 cm³/mol. The monoisotopic (exact) mass is 402 g/mol. The Kier molecular flexibility index (Phi) is 5.75. The summed E-state index contributed by atoms with van der Waals surface area (Å²) in [5, 5.41) is 16.8. The van der Waals surface area contributed by atoms with Crippen LogP contribution in [-0.4, -0.2) is 45.5 Å². The number of hydrogen-bond acceptors (Lipinski definition) is 7. The first kappa shape index (κ1) is 19.2. The number of nitrogens with one attached hydrogen (secondary N) is 1. The van der Waals surface area contributed by atoms with Crippen molar-refractivity contribution in [1.82, 2.24) is 14.8 Å². The maximum atomic E-state index is 12.2. The van der Waals surface area contributed by atoms with Crippen molar-refractivity contribution in [3.8, 4) is 17.2 Å². The fourth-order valence-electron chi connectivity index (χ4n) is 2.34. The number of nitrogens with zero attached hydrogens (tertiary/aromatic N) is 3. The van der Waals surface area contributed by atoms with E-state index in [1.165, 1.54) is 48.7 Å². The molecule has 0 radical (unpaired) electrons. The van der Waals surface area contributed by atoms with Gasteiger partial charge in [-0.2, -0.15) is 5.10 Å². The number of phenols is 1. The Hall–Kier alpha value is -3.59. The van der Waals surface area contributed by atoms with Crippen LogP contribution in [0.25, 0.3) is 5.69 Å². The molecule has 2 N–H and O–H groups in total. The molecule has 0 aliphatic carbocycles. The summed E-state index contributed by atoms with van der Waals surface area (Å²) in [5.41, 5.74) is 0.786. The van der Waals surface area contributed by atoms with Gasteiger partial charge in [-0.25, -0.2) is 14.5 Å². The van der Waals surface area contributed by atoms with E-state index in [4.69, 9.17) is 21.1 Å². The van der Waals surface area contributed by atoms with Crippen molar-refractivity contribution < 1.29 is 24.2 Å². The SMILES string of the molecule is COc1ccc(O)c(C(=O)OCC(=O)Nc2cc(Cl)ccc2-n2cncn2)c1. The second-order valence-corrected chi connectivity index (χ2v) is 5.95. The van der Waals surface area contributed by atoms with E-state index in [9.17, 15) is 14.7 Å². The van der Waals surface area contributed by atoms with Gasteiger partial charge >= 0.3 is 5.97 Å². The average molecular weight is 403 g/mol. The second-order valence-electron chi connectivity index (χ2n) is 5.51. The van der Waals surface area contributed by atoms with E-state index >= 15 is 0 Å². The van der Waals surface area contributed by atoms with Crippen LogP contribution in [0.1, 0.15) is 10.4 Å². The first-order valence-electron chi connectivity index (χ1n) is 7.96. The van der Waals surface area contributed by atoms with Gasteiger partial charge < -0.3 is 19.9 Å². The van der Waals surface area contributed by atoms with Gasteiger partial charge in [0.25, 0.3) is 5.91 Å². The van der Waals surface area contributed by atoms with Gasteiger partial charge in [-0.15, -0.1) is 0 Å². The molecule has 3 aromatic rings. The molecule has 0 atom stereocenters. The van der Waals surface area contributed by atoms with Crippen LogP contribution < -0.4 is 10.1 Å². The van der Waals surface area contributed by atoms with Gasteiger partial charge in [-0.1, -0.05) is 11.6 Å². The largest absolute Gasteiger partial charge is 0.507 e. The summed E-state index contributed by atoms with van der Waals surface area (Å²) in [6.45, 7) is -0.571. The number of hydrogen-bond donors (Lipinski definition) is 2. The third-order valence-corrected chi connectivity index (χ3v) is 3.89. The van der Waals surface area contributed by atoms with Gasteiger partial charge in [0, 0.05) is 5.02 Å². The highest BCUT2D eigenvalue weighted by Crippen LogP contribution is 2.25. The normalized spacial score (nSPS) is 10.4. The van der Waals surface area contributed by atoms with Crippen LogP contribution in [0.5, 0.6) is 11.5 Å². The minimum absolute atomic E-state index is 0.113. The fraction of sp³-hybridized carbons (Fsp3) is 0.111. The highest BCUT2D eigenvalue weighted by atomic mass is 35.5. The lowest BCUT2D eigenvalue weighted by molar-refractivity contribution is -0.119. The number of esters is 1. The first-order valence-corrected chi connectivity index (χ1v) is 8.34. The van der Waals surface area contributed by atoms with Crippen LogP contribution in [0.15, 0.2) is 49.1 Å². The van der Waals surface area contributed by atoms with Gasteiger partial charge in [-0.05, 0) is 36.4 Å². The van der Waals surface area contributed by atoms with Crippen molar-refractivity contribution >= 4 is 29.2 Å². The van der Waals surface area contributed by atoms with E-state index in [0.717, 1.165) is 0 Å². The maximum absolute atomic E-state index is 12.2. The number of methoxy groups -OCH3 is 1. The summed E-state index contributed by atoms with van der Waals surface area (Å²) >= 11 is 5.99. The molecule has 0 saturated carbocycles. The molecule has 10 heteroatoms. The van der Waals surface area contributed by atoms with E-state index in [2.05, 4.69) is 15.4 Å². The van der Waals surface area contributed by atoms with Gasteiger partial charge in [-0.3, -0.25) is 4.79 Å². The topological polar surface area (TPSA) is 116 Å². The summed E-state index contributed by atoms with van der Waals surface area (Å²) in [6.07, 6.45) is 2.81. The van der Waals surface area contributed by atoms with Crippen molar-refractivity contribution in [3.05, 3.63) is 59.6 Å². The predicted octanol–water partition coefficient (Wildman–Crippen LogP) is 2.43. The molecule has 28 heavy (non-hydrogen) atoms. The Morgan fingerprint density at radius 2 is 2.07 bits per heavy atom. The van der Waals surface area contributed by atoms with Crippen molar-refractivity contribution in [2.45, 2.75) is 0 Å². The molecular weight excluding hydrogens is 388 g/mol. The fourth-order valence-corrected chi connectivity index (χ4v) is 2.51. The highest BCUT2D eigenvalue weighted by Gasteiger charge is 2.17. The Morgan fingerprint density at radius 1 is 1.25 bits per heavy atom. The van der Waals surface area contributed by atoms with Crippen molar-refractivity contribution in [3.63, 3.8) is 0 Å². The Bertz CT molecular complexity index is 1010. The summed E-state index contributed by atoms with van der Waals surface area (Å²) in [7, 11) is 1.42. The Labute approximate surface area is 164 Å². The quantitative estimate of drug-likeness (QED) is 0.608. The molecule has 1 aromatic heterocycles. The summed E-state index contributed by atoms with van der Waals surface area (Å²) < 4.78 is 11.4. The number of halogens is 1. The van der Waals surface area contributed by atoms with Crippen molar-refractivity contribution in [2.24, 2.45) is 0 Å². The zero-order valence-corrected chi connectivity index (χ0v) is 15.4. The molecule has 2 aromatic carbocycles. The molecule has 0 unspecified atom stereocenters. The first-order chi connectivity index (χ1) is 13.5. The lowest BCUT2D eigenvalue weighted by Crippen LogP contribution is -2.22. The molecule has 144 valence electrons. The van der Waals surface area contributed by atoms with Gasteiger partial charge in [0.05, 0.1) is 18.5 Å². The van der Waals surface area contributed by atoms with E-state index in [1.54, 1.807) is 12.1 Å². The number of benzene rings is 2. The molecule has 0 aliphatic heterocycles. The third-order valence-electron chi connectivity index (χ3n) is 3.66. The minimum atomic E-state index is -0.867. The Balaban J connectivity index is 1.68. The van der Waals surface area contributed by atoms with E-state index in [1.807, 2.05) is 0 Å². The lowest BCUT2D eigenvalue weighted by atomic mass is 10.2. The molecule has 0 saturated heterocycles. The number of ether oxygens (including phenoxy) is 2. The molecule has 0 bridgehead atoms. The van der Waals surface area contributed by atoms with Crippen LogP contribution in [0.4, 0.5) is 5.69 Å². The van der Waals surface area contributed by atoms with Crippen LogP contribution >= 0.6 is 11.6 Å². The third kappa shape index (κ3) is 4.38. The highest BCUT2D eigenvalue weighted by molar-refractivity contribution is 6.31. The Morgan fingerprint density at radius 3 is 2.79 bits per heavy atom. The van der Waals surface area contributed by atoms with Gasteiger partial charge in [0.1, 0.15) is 29.7 Å². The number of amides is 1. The average Bonchev–Trinajstić information content (AvgIpc) is 3.21. The number of aromatic hydroxyl groups is 1. The van der Waals surface area contributed by atoms with Crippen molar-refractivity contribution in [2.75, 3.05) is 19.0 Å². The van der Waals surface area contributed by atoms with E-state index in [-0.39, 0.29) is 11.3 Å². The van der Waals surface area contributed by atoms with E-state index in [0.29, 0.717) is 22.1 Å². The van der Waals surface area contributed by atoms with Gasteiger partial charge in [0.2, 0.25) is 0 Å². The van der Waals surface area contributed by atoms with Gasteiger partial charge in [0.15, 0.2) is 6.61 Å². The molecule has 9 nitrogen and oxygen atoms in total. The van der Waals surface area contributed by atoms with Crippen molar-refractivity contribution in [1.29, 1.82) is 0 Å². The molecule has 0 spiro atoms. The van der Waals surface area contributed by atoms with Crippen LogP contribution in [0.2, 0.25) is 5.02 Å². The summed E-state index contributed by atoms with van der Waals surface area (Å²) in [4.78, 5) is 28.2. The molecule has 1 amide bonds. The summed E-state index contributed by atoms with van der Waals surface area (Å²) in [5.74, 6) is -1.38. The number of phenolic OH excluding ortho intramolecular Hbond substituents is 1. The van der Waals surface area contributed by atoms with Crippen LogP contribution in [0.3, 0.4) is 0 Å². The van der Waals surface area contributed by atoms with Crippen LogP contribution in [0, 0.1) is 0 Å². The zero-order valence-electron chi connectivity index (χ0n) is 14.6. The van der Waals surface area contributed by atoms with E-state index < -0.39 is 18.5 Å². The van der Waals surface area contributed by atoms with Crippen LogP contribution in [-0.2, 0) is 9.53 Å². The molecular formula is C18H15ClN4O5. The molecule has 0 aliphatic rings. The second kappa shape index (κ2) is 8.40. The maximum Gasteiger partial charge on any atom is 0.342 e. The molecule has 3 rings (SSSR count). The standard InChI is InChI=1S/C18H15ClN4O5/c1-27-12-3-5-16(24)13(7-12)18(26)28-8-17(25)22-14-6-11(19)2-4-15(14)23-10-20-9-21-23/h2-7,9-10,24H,8H2,1H3,(H,22,25). The smallest absolute Gasteiger partial charge is 0.342 e. The number of carbonyl (C=O) groups excluding carboxylic acids is 2. The lowest BCUT2D eigenvalue weighted by Gasteiger charge is -2.12. The molecule has 1 heterocycles. The zero-order chi connectivity index (χ0) is 20.1. The minimum Gasteiger partial charge on any atom is -0.507 e. The summed E-state index contributed by atoms with van der Waals surface area (Å²) in [6, 6.07) is 8.93. The molecule has 0 fully saturated rings. The number of carbonyl (C=O) groups is 2. The number of anilines is 1.